The molecule has 0 radical (unpaired) electrons. The monoisotopic (exact) mass is 267 g/mol. The SMILES string of the molecule is CCc1ccc(Oc2nc(Cl)c(C=O)s2)cc1. The second-order valence-electron chi connectivity index (χ2n) is 3.35. The maximum Gasteiger partial charge on any atom is 0.280 e. The third kappa shape index (κ3) is 2.84. The average molecular weight is 268 g/mol. The summed E-state index contributed by atoms with van der Waals surface area (Å²) in [7, 11) is 0. The third-order valence-corrected chi connectivity index (χ3v) is 3.49. The second kappa shape index (κ2) is 5.29. The highest BCUT2D eigenvalue weighted by Crippen LogP contribution is 2.30. The van der Waals surface area contributed by atoms with Crippen molar-refractivity contribution in [2.45, 2.75) is 13.3 Å². The topological polar surface area (TPSA) is 39.2 Å². The summed E-state index contributed by atoms with van der Waals surface area (Å²) in [6, 6.07) is 7.72. The third-order valence-electron chi connectivity index (χ3n) is 2.23. The lowest BCUT2D eigenvalue weighted by molar-refractivity contribution is 0.112. The molecule has 0 aliphatic carbocycles. The van der Waals surface area contributed by atoms with Gasteiger partial charge in [-0.2, -0.15) is 4.98 Å². The molecule has 0 bridgehead atoms. The first kappa shape index (κ1) is 12.1. The number of thiazole rings is 1. The summed E-state index contributed by atoms with van der Waals surface area (Å²) < 4.78 is 5.51. The molecular formula is C12H10ClNO2S. The van der Waals surface area contributed by atoms with Crippen molar-refractivity contribution in [3.8, 4) is 10.9 Å². The van der Waals surface area contributed by atoms with Gasteiger partial charge < -0.3 is 4.74 Å². The molecule has 0 saturated heterocycles. The summed E-state index contributed by atoms with van der Waals surface area (Å²) in [5, 5.41) is 0.562. The van der Waals surface area contributed by atoms with E-state index in [0.717, 1.165) is 17.8 Å². The first-order valence-corrected chi connectivity index (χ1v) is 6.30. The van der Waals surface area contributed by atoms with E-state index in [1.54, 1.807) is 0 Å². The largest absolute Gasteiger partial charge is 0.431 e. The fourth-order valence-corrected chi connectivity index (χ4v) is 2.23. The normalized spacial score (nSPS) is 10.2. The molecule has 0 spiro atoms. The fraction of sp³-hybridized carbons (Fsp3) is 0.167. The highest BCUT2D eigenvalue weighted by atomic mass is 35.5. The van der Waals surface area contributed by atoms with Crippen molar-refractivity contribution in [1.82, 2.24) is 4.98 Å². The molecule has 0 saturated carbocycles. The molecule has 17 heavy (non-hydrogen) atoms. The van der Waals surface area contributed by atoms with Crippen LogP contribution in [-0.4, -0.2) is 11.3 Å². The summed E-state index contributed by atoms with van der Waals surface area (Å²) in [4.78, 5) is 14.9. The molecule has 3 nitrogen and oxygen atoms in total. The lowest BCUT2D eigenvalue weighted by atomic mass is 10.2. The number of nitrogens with zero attached hydrogens (tertiary/aromatic N) is 1. The smallest absolute Gasteiger partial charge is 0.280 e. The van der Waals surface area contributed by atoms with Gasteiger partial charge in [-0.1, -0.05) is 42.0 Å². The second-order valence-corrected chi connectivity index (χ2v) is 4.70. The predicted octanol–water partition coefficient (Wildman–Crippen LogP) is 3.96. The zero-order valence-electron chi connectivity index (χ0n) is 9.14. The van der Waals surface area contributed by atoms with E-state index in [-0.39, 0.29) is 5.15 Å². The van der Waals surface area contributed by atoms with Crippen molar-refractivity contribution < 1.29 is 9.53 Å². The summed E-state index contributed by atoms with van der Waals surface area (Å²) in [6.45, 7) is 2.09. The quantitative estimate of drug-likeness (QED) is 0.787. The highest BCUT2D eigenvalue weighted by molar-refractivity contribution is 7.15. The first-order valence-electron chi connectivity index (χ1n) is 5.11. The molecule has 1 aromatic heterocycles. The number of aromatic nitrogens is 1. The molecule has 0 aliphatic rings. The molecule has 0 atom stereocenters. The maximum atomic E-state index is 10.6. The maximum absolute atomic E-state index is 10.6. The molecule has 1 aromatic carbocycles. The zero-order valence-corrected chi connectivity index (χ0v) is 10.7. The first-order chi connectivity index (χ1) is 8.22. The highest BCUT2D eigenvalue weighted by Gasteiger charge is 2.09. The van der Waals surface area contributed by atoms with Crippen molar-refractivity contribution in [2.75, 3.05) is 0 Å². The van der Waals surface area contributed by atoms with E-state index in [1.165, 1.54) is 5.56 Å². The van der Waals surface area contributed by atoms with Gasteiger partial charge in [-0.15, -0.1) is 0 Å². The van der Waals surface area contributed by atoms with Crippen molar-refractivity contribution in [3.63, 3.8) is 0 Å². The van der Waals surface area contributed by atoms with Gasteiger partial charge in [-0.05, 0) is 24.1 Å². The van der Waals surface area contributed by atoms with Gasteiger partial charge in [-0.3, -0.25) is 4.79 Å². The van der Waals surface area contributed by atoms with Crippen LogP contribution in [0.25, 0.3) is 0 Å². The van der Waals surface area contributed by atoms with Gasteiger partial charge >= 0.3 is 0 Å². The van der Waals surface area contributed by atoms with E-state index in [1.807, 2.05) is 24.3 Å². The summed E-state index contributed by atoms with van der Waals surface area (Å²) in [5.74, 6) is 0.685. The van der Waals surface area contributed by atoms with Crippen LogP contribution in [0.3, 0.4) is 0 Å². The number of halogens is 1. The number of carbonyl (C=O) groups is 1. The van der Waals surface area contributed by atoms with Crippen LogP contribution in [0.2, 0.25) is 5.15 Å². The summed E-state index contributed by atoms with van der Waals surface area (Å²) in [5.41, 5.74) is 1.24. The van der Waals surface area contributed by atoms with Gasteiger partial charge in [0.25, 0.3) is 5.19 Å². The van der Waals surface area contributed by atoms with Gasteiger partial charge in [-0.25, -0.2) is 0 Å². The minimum absolute atomic E-state index is 0.185. The van der Waals surface area contributed by atoms with E-state index < -0.39 is 0 Å². The van der Waals surface area contributed by atoms with E-state index in [9.17, 15) is 4.79 Å². The van der Waals surface area contributed by atoms with E-state index in [4.69, 9.17) is 16.3 Å². The van der Waals surface area contributed by atoms with Gasteiger partial charge in [0, 0.05) is 0 Å². The van der Waals surface area contributed by atoms with Gasteiger partial charge in [0.15, 0.2) is 11.4 Å². The van der Waals surface area contributed by atoms with Gasteiger partial charge in [0.05, 0.1) is 0 Å². The number of benzene rings is 1. The molecule has 0 fully saturated rings. The van der Waals surface area contributed by atoms with Crippen LogP contribution in [0, 0.1) is 0 Å². The van der Waals surface area contributed by atoms with Crippen LogP contribution >= 0.6 is 22.9 Å². The van der Waals surface area contributed by atoms with Crippen molar-refractivity contribution in [1.29, 1.82) is 0 Å². The molecule has 0 unspecified atom stereocenters. The van der Waals surface area contributed by atoms with Crippen molar-refractivity contribution in [3.05, 3.63) is 39.9 Å². The molecule has 0 aliphatic heterocycles. The molecule has 2 rings (SSSR count). The van der Waals surface area contributed by atoms with Crippen molar-refractivity contribution in [2.24, 2.45) is 0 Å². The Bertz CT molecular complexity index is 522. The fourth-order valence-electron chi connectivity index (χ4n) is 1.30. The van der Waals surface area contributed by atoms with E-state index in [0.29, 0.717) is 22.1 Å². The molecular weight excluding hydrogens is 258 g/mol. The van der Waals surface area contributed by atoms with Crippen LogP contribution in [0.15, 0.2) is 24.3 Å². The predicted molar refractivity (Wildman–Crippen MR) is 68.4 cm³/mol. The van der Waals surface area contributed by atoms with E-state index in [2.05, 4.69) is 11.9 Å². The number of aryl methyl sites for hydroxylation is 1. The van der Waals surface area contributed by atoms with Crippen LogP contribution in [0.1, 0.15) is 22.2 Å². The van der Waals surface area contributed by atoms with Crippen LogP contribution < -0.4 is 4.74 Å². The number of carbonyl (C=O) groups excluding carboxylic acids is 1. The number of hydrogen-bond donors (Lipinski definition) is 0. The minimum atomic E-state index is 0.185. The van der Waals surface area contributed by atoms with Gasteiger partial charge in [0.1, 0.15) is 10.6 Å². The minimum Gasteiger partial charge on any atom is -0.431 e. The Morgan fingerprint density at radius 2 is 2.12 bits per heavy atom. The molecule has 1 heterocycles. The number of ether oxygens (including phenoxy) is 1. The van der Waals surface area contributed by atoms with Crippen molar-refractivity contribution >= 4 is 29.2 Å². The Kier molecular flexibility index (Phi) is 3.76. The Morgan fingerprint density at radius 1 is 1.41 bits per heavy atom. The molecule has 5 heteroatoms. The molecule has 88 valence electrons. The standard InChI is InChI=1S/C12H10ClNO2S/c1-2-8-3-5-9(6-4-8)16-12-14-11(13)10(7-15)17-12/h3-7H,2H2,1H3. The Morgan fingerprint density at radius 3 is 2.65 bits per heavy atom. The number of aldehydes is 1. The number of rotatable bonds is 4. The summed E-state index contributed by atoms with van der Waals surface area (Å²) in [6.07, 6.45) is 1.66. The molecule has 0 N–H and O–H groups in total. The Labute approximate surface area is 108 Å². The Hall–Kier alpha value is -1.39. The van der Waals surface area contributed by atoms with Crippen LogP contribution in [-0.2, 0) is 6.42 Å². The molecule has 2 aromatic rings. The summed E-state index contributed by atoms with van der Waals surface area (Å²) >= 11 is 6.88. The van der Waals surface area contributed by atoms with Crippen LogP contribution in [0.5, 0.6) is 10.9 Å². The number of hydrogen-bond acceptors (Lipinski definition) is 4. The van der Waals surface area contributed by atoms with E-state index >= 15 is 0 Å². The lowest BCUT2D eigenvalue weighted by Crippen LogP contribution is -1.84. The average Bonchev–Trinajstić information content (AvgIpc) is 2.70. The lowest BCUT2D eigenvalue weighted by Gasteiger charge is -2.02. The zero-order chi connectivity index (χ0) is 12.3. The Balaban J connectivity index is 2.16. The molecule has 0 amide bonds. The van der Waals surface area contributed by atoms with Crippen LogP contribution in [0.4, 0.5) is 0 Å². The van der Waals surface area contributed by atoms with Gasteiger partial charge in [0.2, 0.25) is 0 Å².